The molecular formula is C15H19N3O3S. The van der Waals surface area contributed by atoms with Crippen LogP contribution < -0.4 is 10.6 Å². The average molecular weight is 321 g/mol. The number of benzene rings is 1. The number of anilines is 1. The van der Waals surface area contributed by atoms with Crippen LogP contribution >= 0.6 is 11.8 Å². The Hall–Kier alpha value is -2.02. The van der Waals surface area contributed by atoms with Gasteiger partial charge in [-0.15, -0.1) is 11.8 Å². The summed E-state index contributed by atoms with van der Waals surface area (Å²) < 4.78 is 0. The van der Waals surface area contributed by atoms with Crippen molar-refractivity contribution < 1.29 is 14.4 Å². The Morgan fingerprint density at radius 2 is 2.09 bits per heavy atom. The maximum absolute atomic E-state index is 12.1. The maximum atomic E-state index is 12.1. The number of carbonyl (C=O) groups is 3. The zero-order chi connectivity index (χ0) is 16.1. The highest BCUT2D eigenvalue weighted by atomic mass is 32.2. The van der Waals surface area contributed by atoms with E-state index in [1.165, 1.54) is 11.8 Å². The number of amides is 4. The van der Waals surface area contributed by atoms with Crippen molar-refractivity contribution in [2.75, 3.05) is 18.1 Å². The van der Waals surface area contributed by atoms with Crippen LogP contribution in [0.4, 0.5) is 10.5 Å². The molecule has 2 rings (SSSR count). The van der Waals surface area contributed by atoms with Gasteiger partial charge in [0.2, 0.25) is 5.91 Å². The highest BCUT2D eigenvalue weighted by molar-refractivity contribution is 7.98. The SMILES string of the molecule is CCC[C@H]1NC(=O)N(CC(=O)Nc2ccccc2SC)C1=O. The molecule has 1 aromatic carbocycles. The van der Waals surface area contributed by atoms with E-state index in [0.717, 1.165) is 16.2 Å². The van der Waals surface area contributed by atoms with Crippen LogP contribution in [0, 0.1) is 0 Å². The van der Waals surface area contributed by atoms with E-state index in [4.69, 9.17) is 0 Å². The van der Waals surface area contributed by atoms with Crippen LogP contribution in [-0.4, -0.2) is 41.6 Å². The van der Waals surface area contributed by atoms with Gasteiger partial charge in [0.1, 0.15) is 12.6 Å². The lowest BCUT2D eigenvalue weighted by Crippen LogP contribution is -2.38. The molecule has 118 valence electrons. The summed E-state index contributed by atoms with van der Waals surface area (Å²) >= 11 is 1.51. The lowest BCUT2D eigenvalue weighted by molar-refractivity contribution is -0.130. The van der Waals surface area contributed by atoms with Gasteiger partial charge >= 0.3 is 6.03 Å². The van der Waals surface area contributed by atoms with Crippen molar-refractivity contribution in [3.05, 3.63) is 24.3 Å². The van der Waals surface area contributed by atoms with Crippen molar-refractivity contribution in [1.29, 1.82) is 0 Å². The predicted octanol–water partition coefficient (Wildman–Crippen LogP) is 2.07. The molecule has 1 saturated heterocycles. The molecular weight excluding hydrogens is 302 g/mol. The van der Waals surface area contributed by atoms with Crippen molar-refractivity contribution in [3.63, 3.8) is 0 Å². The van der Waals surface area contributed by atoms with Gasteiger partial charge in [-0.3, -0.25) is 14.5 Å². The Morgan fingerprint density at radius 1 is 1.36 bits per heavy atom. The minimum absolute atomic E-state index is 0.270. The molecule has 0 saturated carbocycles. The number of rotatable bonds is 6. The van der Waals surface area contributed by atoms with Crippen LogP contribution in [0.15, 0.2) is 29.2 Å². The van der Waals surface area contributed by atoms with Gasteiger partial charge in [0, 0.05) is 4.90 Å². The van der Waals surface area contributed by atoms with E-state index in [1.54, 1.807) is 6.07 Å². The Morgan fingerprint density at radius 3 is 2.77 bits per heavy atom. The topological polar surface area (TPSA) is 78.5 Å². The molecule has 0 bridgehead atoms. The maximum Gasteiger partial charge on any atom is 0.325 e. The van der Waals surface area contributed by atoms with Gasteiger partial charge in [-0.1, -0.05) is 25.5 Å². The number of nitrogens with one attached hydrogen (secondary N) is 2. The summed E-state index contributed by atoms with van der Waals surface area (Å²) in [6.07, 6.45) is 3.29. The molecule has 22 heavy (non-hydrogen) atoms. The third-order valence-corrected chi connectivity index (χ3v) is 4.16. The highest BCUT2D eigenvalue weighted by Crippen LogP contribution is 2.24. The molecule has 7 heteroatoms. The summed E-state index contributed by atoms with van der Waals surface area (Å²) in [5.41, 5.74) is 0.678. The monoisotopic (exact) mass is 321 g/mol. The fraction of sp³-hybridized carbons (Fsp3) is 0.400. The van der Waals surface area contributed by atoms with E-state index < -0.39 is 12.1 Å². The first-order valence-electron chi connectivity index (χ1n) is 7.11. The number of thioether (sulfide) groups is 1. The van der Waals surface area contributed by atoms with E-state index in [1.807, 2.05) is 31.4 Å². The average Bonchev–Trinajstić information content (AvgIpc) is 2.76. The second kappa shape index (κ2) is 7.31. The van der Waals surface area contributed by atoms with Crippen LogP contribution in [0.3, 0.4) is 0 Å². The molecule has 6 nitrogen and oxygen atoms in total. The fourth-order valence-corrected chi connectivity index (χ4v) is 2.85. The molecule has 1 aliphatic heterocycles. The standard InChI is InChI=1S/C15H19N3O3S/c1-3-6-11-14(20)18(15(21)17-11)9-13(19)16-10-7-4-5-8-12(10)22-2/h4-5,7-8,11H,3,6,9H2,1-2H3,(H,16,19)(H,17,21)/t11-/m1/s1. The second-order valence-electron chi connectivity index (χ2n) is 4.96. The molecule has 1 atom stereocenters. The Kier molecular flexibility index (Phi) is 5.43. The molecule has 0 unspecified atom stereocenters. The number of urea groups is 1. The zero-order valence-corrected chi connectivity index (χ0v) is 13.4. The summed E-state index contributed by atoms with van der Waals surface area (Å²) in [6.45, 7) is 1.67. The van der Waals surface area contributed by atoms with Crippen LogP contribution in [-0.2, 0) is 9.59 Å². The molecule has 1 aromatic rings. The number of hydrogen-bond donors (Lipinski definition) is 2. The zero-order valence-electron chi connectivity index (χ0n) is 12.6. The molecule has 0 radical (unpaired) electrons. The van der Waals surface area contributed by atoms with Crippen molar-refractivity contribution in [1.82, 2.24) is 10.2 Å². The van der Waals surface area contributed by atoms with Crippen LogP contribution in [0.2, 0.25) is 0 Å². The van der Waals surface area contributed by atoms with E-state index in [-0.39, 0.29) is 18.4 Å². The van der Waals surface area contributed by atoms with Gasteiger partial charge in [0.05, 0.1) is 5.69 Å². The Balaban J connectivity index is 2.00. The van der Waals surface area contributed by atoms with Gasteiger partial charge in [-0.2, -0.15) is 0 Å². The van der Waals surface area contributed by atoms with Crippen molar-refractivity contribution in [2.45, 2.75) is 30.7 Å². The second-order valence-corrected chi connectivity index (χ2v) is 5.81. The van der Waals surface area contributed by atoms with Crippen LogP contribution in [0.5, 0.6) is 0 Å². The number of nitrogens with zero attached hydrogens (tertiary/aromatic N) is 1. The Labute approximate surface area is 133 Å². The number of imide groups is 1. The summed E-state index contributed by atoms with van der Waals surface area (Å²) in [4.78, 5) is 37.9. The number of hydrogen-bond acceptors (Lipinski definition) is 4. The van der Waals surface area contributed by atoms with Gasteiger partial charge in [-0.05, 0) is 24.8 Å². The van der Waals surface area contributed by atoms with Crippen molar-refractivity contribution in [3.8, 4) is 0 Å². The molecule has 0 spiro atoms. The number of para-hydroxylation sites is 1. The summed E-state index contributed by atoms with van der Waals surface area (Å²) in [5.74, 6) is -0.720. The third kappa shape index (κ3) is 3.59. The first kappa shape index (κ1) is 16.4. The van der Waals surface area contributed by atoms with E-state index >= 15 is 0 Å². The fourth-order valence-electron chi connectivity index (χ4n) is 2.29. The molecule has 2 N–H and O–H groups in total. The molecule has 1 fully saturated rings. The van der Waals surface area contributed by atoms with Gasteiger partial charge in [0.15, 0.2) is 0 Å². The van der Waals surface area contributed by atoms with E-state index in [9.17, 15) is 14.4 Å². The summed E-state index contributed by atoms with van der Waals surface area (Å²) in [7, 11) is 0. The lowest BCUT2D eigenvalue weighted by atomic mass is 10.2. The van der Waals surface area contributed by atoms with Crippen LogP contribution in [0.25, 0.3) is 0 Å². The summed E-state index contributed by atoms with van der Waals surface area (Å²) in [6, 6.07) is 6.37. The van der Waals surface area contributed by atoms with Crippen LogP contribution in [0.1, 0.15) is 19.8 Å². The quantitative estimate of drug-likeness (QED) is 0.621. The van der Waals surface area contributed by atoms with Gasteiger partial charge in [-0.25, -0.2) is 4.79 Å². The Bertz CT molecular complexity index is 591. The van der Waals surface area contributed by atoms with Gasteiger partial charge in [0.25, 0.3) is 5.91 Å². The highest BCUT2D eigenvalue weighted by Gasteiger charge is 2.38. The molecule has 1 heterocycles. The lowest BCUT2D eigenvalue weighted by Gasteiger charge is -2.14. The van der Waals surface area contributed by atoms with E-state index in [2.05, 4.69) is 10.6 Å². The minimum Gasteiger partial charge on any atom is -0.326 e. The molecule has 4 amide bonds. The minimum atomic E-state index is -0.510. The normalized spacial score (nSPS) is 17.5. The van der Waals surface area contributed by atoms with E-state index in [0.29, 0.717) is 12.1 Å². The van der Waals surface area contributed by atoms with Crippen molar-refractivity contribution in [2.24, 2.45) is 0 Å². The third-order valence-electron chi connectivity index (χ3n) is 3.37. The molecule has 0 aromatic heterocycles. The molecule has 1 aliphatic rings. The van der Waals surface area contributed by atoms with Gasteiger partial charge < -0.3 is 10.6 Å². The first-order chi connectivity index (χ1) is 10.6. The molecule has 0 aliphatic carbocycles. The smallest absolute Gasteiger partial charge is 0.325 e. The predicted molar refractivity (Wildman–Crippen MR) is 85.8 cm³/mol. The first-order valence-corrected chi connectivity index (χ1v) is 8.34. The summed E-state index contributed by atoms with van der Waals surface area (Å²) in [5, 5.41) is 5.34. The largest absolute Gasteiger partial charge is 0.326 e. The van der Waals surface area contributed by atoms with Crippen molar-refractivity contribution >= 4 is 35.3 Å². The number of carbonyl (C=O) groups excluding carboxylic acids is 3.